The Balaban J connectivity index is 3.82. The van der Waals surface area contributed by atoms with E-state index in [1.807, 2.05) is 0 Å². The molecule has 0 rings (SSSR count). The predicted molar refractivity (Wildman–Crippen MR) is 38.5 cm³/mol. The van der Waals surface area contributed by atoms with Crippen molar-refractivity contribution >= 4 is 50.5 Å². The van der Waals surface area contributed by atoms with E-state index in [9.17, 15) is 0 Å². The molecular formula is C2H4AlClN2S. The lowest BCUT2D eigenvalue weighted by atomic mass is 10.8. The van der Waals surface area contributed by atoms with Gasteiger partial charge in [0.1, 0.15) is 5.17 Å². The van der Waals surface area contributed by atoms with Crippen LogP contribution in [0.1, 0.15) is 0 Å². The zero-order valence-corrected chi connectivity index (χ0v) is 7.42. The van der Waals surface area contributed by atoms with Crippen LogP contribution < -0.4 is 0 Å². The maximum absolute atomic E-state index is 6.85. The molecule has 0 bridgehead atoms. The number of nitrogens with zero attached hydrogens (tertiary/aromatic N) is 1. The third kappa shape index (κ3) is 3.13. The van der Waals surface area contributed by atoms with Crippen molar-refractivity contribution in [3.8, 4) is 0 Å². The maximum Gasteiger partial charge on any atom is 0.293 e. The van der Waals surface area contributed by atoms with E-state index in [1.54, 1.807) is 0 Å². The van der Waals surface area contributed by atoms with E-state index in [-0.39, 0.29) is 5.17 Å². The highest BCUT2D eigenvalue weighted by Crippen LogP contribution is 1.87. The van der Waals surface area contributed by atoms with Crippen molar-refractivity contribution in [1.82, 2.24) is 0 Å². The quantitative estimate of drug-likeness (QED) is 0.302. The molecule has 0 saturated heterocycles. The van der Waals surface area contributed by atoms with E-state index >= 15 is 0 Å². The van der Waals surface area contributed by atoms with Gasteiger partial charge in [-0.05, 0) is 17.4 Å². The van der Waals surface area contributed by atoms with Crippen LogP contribution in [0.4, 0.5) is 0 Å². The van der Waals surface area contributed by atoms with Gasteiger partial charge in [-0.25, -0.2) is 4.40 Å². The molecule has 0 aromatic heterocycles. The molecule has 2 nitrogen and oxygen atoms in total. The van der Waals surface area contributed by atoms with Gasteiger partial charge in [0.2, 0.25) is 0 Å². The SMILES string of the molecule is N=[C]([AlH2])C(Cl)=NS. The second-order valence-electron chi connectivity index (χ2n) is 1.02. The topological polar surface area (TPSA) is 36.2 Å². The summed E-state index contributed by atoms with van der Waals surface area (Å²) in [5.74, 6) is 0. The van der Waals surface area contributed by atoms with Gasteiger partial charge in [-0.1, -0.05) is 11.6 Å². The smallest absolute Gasteiger partial charge is 0.293 e. The van der Waals surface area contributed by atoms with Gasteiger partial charge in [0.05, 0.1) is 0 Å². The lowest BCUT2D eigenvalue weighted by molar-refractivity contribution is 1.58. The van der Waals surface area contributed by atoms with Crippen LogP contribution in [0.3, 0.4) is 0 Å². The minimum atomic E-state index is 0.204. The summed E-state index contributed by atoms with van der Waals surface area (Å²) in [7, 11) is 0. The van der Waals surface area contributed by atoms with Crippen molar-refractivity contribution in [2.24, 2.45) is 4.40 Å². The summed E-state index contributed by atoms with van der Waals surface area (Å²) in [6.45, 7) is 0. The third-order valence-corrected chi connectivity index (χ3v) is 1.87. The van der Waals surface area contributed by atoms with Crippen molar-refractivity contribution in [3.63, 3.8) is 0 Å². The highest BCUT2D eigenvalue weighted by Gasteiger charge is 1.90. The first-order valence-corrected chi connectivity index (χ1v) is 3.39. The fraction of sp³-hybridized carbons (Fsp3) is 0. The normalized spacial score (nSPS) is 11.4. The number of thiol groups is 1. The van der Waals surface area contributed by atoms with Crippen LogP contribution in [-0.4, -0.2) is 26.0 Å². The van der Waals surface area contributed by atoms with E-state index < -0.39 is 0 Å². The number of nitrogens with one attached hydrogen (secondary N) is 1. The van der Waals surface area contributed by atoms with Gasteiger partial charge in [0, 0.05) is 0 Å². The fourth-order valence-electron chi connectivity index (χ4n) is 0.0750. The van der Waals surface area contributed by atoms with E-state index in [0.717, 1.165) is 0 Å². The number of hydrogen-bond acceptors (Lipinski definition) is 3. The molecule has 0 unspecified atom stereocenters. The Morgan fingerprint density at radius 2 is 2.29 bits per heavy atom. The lowest BCUT2D eigenvalue weighted by Gasteiger charge is -1.85. The number of halogens is 1. The molecule has 0 aliphatic carbocycles. The van der Waals surface area contributed by atoms with Gasteiger partial charge >= 0.3 is 0 Å². The first-order chi connectivity index (χ1) is 3.18. The maximum atomic E-state index is 6.85. The van der Waals surface area contributed by atoms with Crippen LogP contribution >= 0.6 is 24.4 Å². The summed E-state index contributed by atoms with van der Waals surface area (Å²) in [6, 6.07) is 0. The minimum Gasteiger partial charge on any atom is -0.322 e. The van der Waals surface area contributed by atoms with Crippen molar-refractivity contribution in [2.45, 2.75) is 0 Å². The molecular weight excluding hydrogens is 147 g/mol. The molecule has 0 atom stereocenters. The molecule has 1 N–H and O–H groups in total. The van der Waals surface area contributed by atoms with Crippen molar-refractivity contribution in [1.29, 1.82) is 5.41 Å². The van der Waals surface area contributed by atoms with E-state index in [1.165, 1.54) is 0 Å². The Hall–Kier alpha value is 0.512. The van der Waals surface area contributed by atoms with Crippen LogP contribution in [0.15, 0.2) is 4.40 Å². The molecule has 0 heterocycles. The Labute approximate surface area is 60.4 Å². The Morgan fingerprint density at radius 3 is 2.29 bits per heavy atom. The lowest BCUT2D eigenvalue weighted by Crippen LogP contribution is -2.03. The van der Waals surface area contributed by atoms with Gasteiger partial charge in [-0.15, -0.1) is 0 Å². The van der Waals surface area contributed by atoms with E-state index in [0.29, 0.717) is 20.9 Å². The first-order valence-electron chi connectivity index (χ1n) is 1.61. The highest BCUT2D eigenvalue weighted by molar-refractivity contribution is 7.79. The predicted octanol–water partition coefficient (Wildman–Crippen LogP) is 0.0789. The summed E-state index contributed by atoms with van der Waals surface area (Å²) in [4.78, 5) is 0. The van der Waals surface area contributed by atoms with Gasteiger partial charge in [-0.2, -0.15) is 0 Å². The average molecular weight is 151 g/mol. The van der Waals surface area contributed by atoms with Gasteiger partial charge in [-0.3, -0.25) is 0 Å². The standard InChI is InChI=1S/C2H2ClN2S.Al.2H/c3-2(1-4)5-6;;;/h4,6H;;;. The van der Waals surface area contributed by atoms with Crippen LogP contribution in [-0.2, 0) is 0 Å². The average Bonchev–Trinajstić information content (AvgIpc) is 1.65. The molecule has 0 amide bonds. The van der Waals surface area contributed by atoms with Crippen LogP contribution in [0.25, 0.3) is 0 Å². The summed E-state index contributed by atoms with van der Waals surface area (Å²) in [6.07, 6.45) is 0. The largest absolute Gasteiger partial charge is 0.322 e. The summed E-state index contributed by atoms with van der Waals surface area (Å²) in [5, 5.41) is 7.05. The summed E-state index contributed by atoms with van der Waals surface area (Å²) >= 11 is 9.41. The molecule has 0 fully saturated rings. The zero-order valence-electron chi connectivity index (χ0n) is 3.77. The monoisotopic (exact) mass is 150 g/mol. The van der Waals surface area contributed by atoms with Crippen LogP contribution in [0.2, 0.25) is 0 Å². The van der Waals surface area contributed by atoms with Crippen molar-refractivity contribution in [2.75, 3.05) is 0 Å². The van der Waals surface area contributed by atoms with Gasteiger partial charge in [0.15, 0.2) is 0 Å². The molecule has 0 saturated carbocycles. The third-order valence-electron chi connectivity index (χ3n) is 0.397. The molecule has 0 spiro atoms. The number of rotatable bonds is 1. The Kier molecular flexibility index (Phi) is 3.76. The molecule has 5 heteroatoms. The van der Waals surface area contributed by atoms with Gasteiger partial charge < -0.3 is 5.41 Å². The first kappa shape index (κ1) is 7.51. The molecule has 0 aromatic rings. The number of hydrogen-bond donors (Lipinski definition) is 2. The zero-order chi connectivity index (χ0) is 5.86. The highest BCUT2D eigenvalue weighted by atomic mass is 35.5. The van der Waals surface area contributed by atoms with E-state index in [4.69, 9.17) is 17.0 Å². The molecule has 0 aliphatic rings. The van der Waals surface area contributed by atoms with Crippen LogP contribution in [0.5, 0.6) is 0 Å². The van der Waals surface area contributed by atoms with Crippen LogP contribution in [0, 0.1) is 5.41 Å². The Morgan fingerprint density at radius 1 is 1.86 bits per heavy atom. The second kappa shape index (κ2) is 3.51. The van der Waals surface area contributed by atoms with E-state index in [2.05, 4.69) is 17.2 Å². The molecule has 0 aliphatic heterocycles. The Bertz CT molecular complexity index is 112. The molecule has 7 heavy (non-hydrogen) atoms. The minimum absolute atomic E-state index is 0.204. The fourth-order valence-corrected chi connectivity index (χ4v) is 0.525. The summed E-state index contributed by atoms with van der Waals surface area (Å²) in [5.41, 5.74) is 0. The molecule has 0 radical (unpaired) electrons. The summed E-state index contributed by atoms with van der Waals surface area (Å²) < 4.78 is 3.65. The molecule has 0 aromatic carbocycles. The second-order valence-corrected chi connectivity index (χ2v) is 2.57. The van der Waals surface area contributed by atoms with Crippen molar-refractivity contribution in [3.05, 3.63) is 0 Å². The molecule has 38 valence electrons. The van der Waals surface area contributed by atoms with Crippen molar-refractivity contribution < 1.29 is 0 Å². The van der Waals surface area contributed by atoms with Gasteiger partial charge in [0.25, 0.3) is 16.3 Å².